The largest absolute Gasteiger partial charge is 0.349 e. The van der Waals surface area contributed by atoms with Crippen molar-refractivity contribution in [1.29, 1.82) is 0 Å². The van der Waals surface area contributed by atoms with Gasteiger partial charge in [-0.2, -0.15) is 4.68 Å². The lowest BCUT2D eigenvalue weighted by molar-refractivity contribution is -0.121. The van der Waals surface area contributed by atoms with Crippen molar-refractivity contribution in [2.24, 2.45) is 0 Å². The number of halogens is 2. The van der Waals surface area contributed by atoms with Crippen LogP contribution in [0.2, 0.25) is 0 Å². The average molecular weight is 342 g/mol. The molecule has 0 radical (unpaired) electrons. The number of hydrogen-bond acceptors (Lipinski definition) is 4. The topological polar surface area (TPSA) is 72.7 Å². The molecular weight excluding hydrogens is 329 g/mol. The van der Waals surface area contributed by atoms with Crippen LogP contribution in [0.1, 0.15) is 18.7 Å². The van der Waals surface area contributed by atoms with Crippen LogP contribution >= 0.6 is 15.9 Å². The number of nitrogens with one attached hydrogen (secondary N) is 1. The fourth-order valence-electron chi connectivity index (χ4n) is 1.62. The summed E-state index contributed by atoms with van der Waals surface area (Å²) in [7, 11) is 0. The van der Waals surface area contributed by atoms with Crippen molar-refractivity contribution < 1.29 is 9.18 Å². The normalized spacial score (nSPS) is 10.5. The van der Waals surface area contributed by atoms with Crippen LogP contribution < -0.4 is 5.32 Å². The minimum Gasteiger partial charge on any atom is -0.349 e. The quantitative estimate of drug-likeness (QED) is 0.810. The summed E-state index contributed by atoms with van der Waals surface area (Å²) < 4.78 is 14.6. The smallest absolute Gasteiger partial charge is 0.220 e. The minimum absolute atomic E-state index is 0.0711. The van der Waals surface area contributed by atoms with E-state index in [2.05, 4.69) is 36.8 Å². The zero-order valence-corrected chi connectivity index (χ0v) is 12.2. The maximum Gasteiger partial charge on any atom is 0.220 e. The Bertz CT molecular complexity index is 589. The van der Waals surface area contributed by atoms with Crippen molar-refractivity contribution in [2.45, 2.75) is 19.4 Å². The Kier molecular flexibility index (Phi) is 5.16. The van der Waals surface area contributed by atoms with E-state index in [0.29, 0.717) is 17.9 Å². The Hall–Kier alpha value is -1.83. The number of amides is 1. The lowest BCUT2D eigenvalue weighted by Crippen LogP contribution is -2.24. The van der Waals surface area contributed by atoms with E-state index in [1.54, 1.807) is 12.1 Å². The summed E-state index contributed by atoms with van der Waals surface area (Å²) in [5.41, 5.74) is 0.514. The monoisotopic (exact) mass is 341 g/mol. The van der Waals surface area contributed by atoms with E-state index in [1.165, 1.54) is 16.8 Å². The number of benzene rings is 1. The molecule has 0 spiro atoms. The number of aromatic nitrogens is 4. The molecule has 0 aliphatic carbocycles. The second-order valence-corrected chi connectivity index (χ2v) is 4.85. The first-order chi connectivity index (χ1) is 9.70. The van der Waals surface area contributed by atoms with Gasteiger partial charge in [0.05, 0.1) is 12.2 Å². The highest BCUT2D eigenvalue weighted by atomic mass is 79.9. The summed E-state index contributed by atoms with van der Waals surface area (Å²) in [6.07, 6.45) is 1.20. The van der Waals surface area contributed by atoms with Crippen LogP contribution in [0.15, 0.2) is 24.3 Å². The van der Waals surface area contributed by atoms with Gasteiger partial charge in [-0.1, -0.05) is 22.0 Å². The molecule has 0 saturated heterocycles. The average Bonchev–Trinajstić information content (AvgIpc) is 2.91. The zero-order chi connectivity index (χ0) is 14.4. The molecular formula is C12H13BrFN5O. The molecule has 1 aromatic heterocycles. The maximum atomic E-state index is 13.2. The Morgan fingerprint density at radius 1 is 1.45 bits per heavy atom. The molecule has 1 aromatic carbocycles. The van der Waals surface area contributed by atoms with E-state index in [4.69, 9.17) is 0 Å². The van der Waals surface area contributed by atoms with Gasteiger partial charge in [0, 0.05) is 11.8 Å². The molecule has 0 saturated carbocycles. The third-order valence-electron chi connectivity index (χ3n) is 2.57. The van der Waals surface area contributed by atoms with E-state index in [9.17, 15) is 9.18 Å². The van der Waals surface area contributed by atoms with Crippen LogP contribution in [0.4, 0.5) is 4.39 Å². The zero-order valence-electron chi connectivity index (χ0n) is 10.6. The van der Waals surface area contributed by atoms with Gasteiger partial charge in [0.25, 0.3) is 0 Å². The molecule has 106 valence electrons. The maximum absolute atomic E-state index is 13.2. The Morgan fingerprint density at radius 3 is 3.05 bits per heavy atom. The molecule has 1 amide bonds. The van der Waals surface area contributed by atoms with Crippen LogP contribution in [0.3, 0.4) is 0 Å². The highest BCUT2D eigenvalue weighted by Gasteiger charge is 2.10. The molecule has 0 fully saturated rings. The van der Waals surface area contributed by atoms with Crippen LogP contribution in [-0.2, 0) is 11.3 Å². The third-order valence-corrected chi connectivity index (χ3v) is 3.13. The number of carbonyl (C=O) groups excluding carboxylic acids is 1. The molecule has 2 aromatic rings. The molecule has 0 bridgehead atoms. The Morgan fingerprint density at radius 2 is 2.30 bits per heavy atom. The van der Waals surface area contributed by atoms with E-state index in [-0.39, 0.29) is 18.3 Å². The van der Waals surface area contributed by atoms with Crippen molar-refractivity contribution in [2.75, 3.05) is 5.33 Å². The standard InChI is InChI=1S/C12H13BrFN5O/c13-6-2-5-12(20)15-8-11-16-17-18-19(11)10-4-1-3-9(14)7-10/h1,3-4,7H,2,5-6,8H2,(H,15,20). The molecule has 20 heavy (non-hydrogen) atoms. The fraction of sp³-hybridized carbons (Fsp3) is 0.333. The molecule has 1 heterocycles. The van der Waals surface area contributed by atoms with Crippen LogP contribution in [-0.4, -0.2) is 31.4 Å². The number of hydrogen-bond donors (Lipinski definition) is 1. The van der Waals surface area contributed by atoms with Crippen molar-refractivity contribution in [1.82, 2.24) is 25.5 Å². The summed E-state index contributed by atoms with van der Waals surface area (Å²) in [6.45, 7) is 0.199. The predicted molar refractivity (Wildman–Crippen MR) is 74.0 cm³/mol. The van der Waals surface area contributed by atoms with Gasteiger partial charge in [-0.15, -0.1) is 5.10 Å². The highest BCUT2D eigenvalue weighted by molar-refractivity contribution is 9.09. The molecule has 0 aliphatic rings. The summed E-state index contributed by atoms with van der Waals surface area (Å²) >= 11 is 3.26. The number of rotatable bonds is 6. The van der Waals surface area contributed by atoms with Crippen LogP contribution in [0.25, 0.3) is 5.69 Å². The van der Waals surface area contributed by atoms with E-state index < -0.39 is 0 Å². The second-order valence-electron chi connectivity index (χ2n) is 4.06. The molecule has 0 unspecified atom stereocenters. The SMILES string of the molecule is O=C(CCCBr)NCc1nnnn1-c1cccc(F)c1. The van der Waals surface area contributed by atoms with Gasteiger partial charge in [-0.3, -0.25) is 4.79 Å². The Balaban J connectivity index is 2.04. The minimum atomic E-state index is -0.370. The number of tetrazole rings is 1. The van der Waals surface area contributed by atoms with E-state index in [0.717, 1.165) is 11.8 Å². The first kappa shape index (κ1) is 14.6. The summed E-state index contributed by atoms with van der Waals surface area (Å²) in [6, 6.07) is 5.93. The van der Waals surface area contributed by atoms with E-state index in [1.807, 2.05) is 0 Å². The van der Waals surface area contributed by atoms with Gasteiger partial charge < -0.3 is 5.32 Å². The molecule has 1 N–H and O–H groups in total. The lowest BCUT2D eigenvalue weighted by atomic mass is 10.3. The molecule has 0 atom stereocenters. The van der Waals surface area contributed by atoms with Crippen LogP contribution in [0.5, 0.6) is 0 Å². The molecule has 2 rings (SSSR count). The van der Waals surface area contributed by atoms with Gasteiger partial charge in [0.2, 0.25) is 5.91 Å². The first-order valence-corrected chi connectivity index (χ1v) is 7.18. The summed E-state index contributed by atoms with van der Waals surface area (Å²) in [5, 5.41) is 14.7. The molecule has 6 nitrogen and oxygen atoms in total. The number of nitrogens with zero attached hydrogens (tertiary/aromatic N) is 4. The molecule has 0 aliphatic heterocycles. The number of alkyl halides is 1. The van der Waals surface area contributed by atoms with E-state index >= 15 is 0 Å². The lowest BCUT2D eigenvalue weighted by Gasteiger charge is -2.06. The van der Waals surface area contributed by atoms with Crippen molar-refractivity contribution >= 4 is 21.8 Å². The van der Waals surface area contributed by atoms with Crippen molar-refractivity contribution in [3.05, 3.63) is 35.9 Å². The highest BCUT2D eigenvalue weighted by Crippen LogP contribution is 2.09. The van der Waals surface area contributed by atoms with Gasteiger partial charge in [-0.25, -0.2) is 4.39 Å². The summed E-state index contributed by atoms with van der Waals surface area (Å²) in [4.78, 5) is 11.5. The fourth-order valence-corrected chi connectivity index (χ4v) is 1.90. The van der Waals surface area contributed by atoms with Gasteiger partial charge in [0.15, 0.2) is 5.82 Å². The third kappa shape index (κ3) is 3.83. The number of carbonyl (C=O) groups is 1. The first-order valence-electron chi connectivity index (χ1n) is 6.06. The van der Waals surface area contributed by atoms with Crippen molar-refractivity contribution in [3.8, 4) is 5.69 Å². The summed E-state index contributed by atoms with van der Waals surface area (Å²) in [5.74, 6) is 0.00587. The van der Waals surface area contributed by atoms with Crippen molar-refractivity contribution in [3.63, 3.8) is 0 Å². The predicted octanol–water partition coefficient (Wildman–Crippen LogP) is 1.59. The van der Waals surface area contributed by atoms with Crippen LogP contribution in [0, 0.1) is 5.82 Å². The van der Waals surface area contributed by atoms with Gasteiger partial charge in [-0.05, 0) is 35.0 Å². The Labute approximate surface area is 123 Å². The van der Waals surface area contributed by atoms with Gasteiger partial charge >= 0.3 is 0 Å². The second kappa shape index (κ2) is 7.09. The molecule has 8 heteroatoms. The van der Waals surface area contributed by atoms with Gasteiger partial charge in [0.1, 0.15) is 5.82 Å².